The fraction of sp³-hybridized carbons (Fsp3) is 0.316. The van der Waals surface area contributed by atoms with Crippen molar-refractivity contribution in [3.8, 4) is 5.75 Å². The number of nitrogens with two attached hydrogens (primary N) is 1. The molecule has 0 spiro atoms. The lowest BCUT2D eigenvalue weighted by Gasteiger charge is -2.11. The van der Waals surface area contributed by atoms with Crippen LogP contribution in [0.15, 0.2) is 48.5 Å². The summed E-state index contributed by atoms with van der Waals surface area (Å²) in [4.78, 5) is 4.74. The number of hydrogen-bond acceptors (Lipinski definition) is 3. The maximum absolute atomic E-state index is 5.90. The molecule has 4 heteroatoms. The van der Waals surface area contributed by atoms with Gasteiger partial charge in [-0.2, -0.15) is 0 Å². The Balaban J connectivity index is 1.75. The molecule has 23 heavy (non-hydrogen) atoms. The van der Waals surface area contributed by atoms with Gasteiger partial charge in [-0.3, -0.25) is 0 Å². The molecule has 0 fully saturated rings. The van der Waals surface area contributed by atoms with Crippen LogP contribution in [0.2, 0.25) is 0 Å². The van der Waals surface area contributed by atoms with E-state index in [0.717, 1.165) is 42.0 Å². The Morgan fingerprint density at radius 3 is 2.83 bits per heavy atom. The van der Waals surface area contributed by atoms with Crippen molar-refractivity contribution in [3.05, 3.63) is 59.9 Å². The summed E-state index contributed by atoms with van der Waals surface area (Å²) in [6.07, 6.45) is 1.84. The van der Waals surface area contributed by atoms with Crippen LogP contribution in [0.3, 0.4) is 0 Å². The van der Waals surface area contributed by atoms with Gasteiger partial charge >= 0.3 is 0 Å². The van der Waals surface area contributed by atoms with Crippen molar-refractivity contribution in [2.45, 2.75) is 26.3 Å². The first kappa shape index (κ1) is 15.6. The van der Waals surface area contributed by atoms with E-state index in [9.17, 15) is 0 Å². The van der Waals surface area contributed by atoms with Crippen molar-refractivity contribution < 1.29 is 4.74 Å². The third-order valence-corrected chi connectivity index (χ3v) is 3.91. The normalized spacial score (nSPS) is 11.0. The van der Waals surface area contributed by atoms with Gasteiger partial charge in [0.15, 0.2) is 0 Å². The van der Waals surface area contributed by atoms with Crippen LogP contribution in [0, 0.1) is 6.92 Å². The number of nitrogens with zero attached hydrogens (tertiary/aromatic N) is 2. The number of aromatic nitrogens is 2. The summed E-state index contributed by atoms with van der Waals surface area (Å²) < 4.78 is 8.15. The zero-order valence-corrected chi connectivity index (χ0v) is 13.5. The van der Waals surface area contributed by atoms with E-state index in [4.69, 9.17) is 15.5 Å². The van der Waals surface area contributed by atoms with E-state index in [1.54, 1.807) is 0 Å². The van der Waals surface area contributed by atoms with E-state index in [1.807, 2.05) is 18.2 Å². The predicted molar refractivity (Wildman–Crippen MR) is 93.8 cm³/mol. The van der Waals surface area contributed by atoms with Crippen molar-refractivity contribution >= 4 is 11.0 Å². The Bertz CT molecular complexity index is 779. The molecular formula is C19H23N3O. The molecule has 3 aromatic rings. The van der Waals surface area contributed by atoms with Gasteiger partial charge in [0, 0.05) is 6.42 Å². The zero-order valence-electron chi connectivity index (χ0n) is 13.5. The Kier molecular flexibility index (Phi) is 4.93. The van der Waals surface area contributed by atoms with Crippen molar-refractivity contribution in [2.75, 3.05) is 13.2 Å². The minimum Gasteiger partial charge on any atom is -0.492 e. The van der Waals surface area contributed by atoms with Gasteiger partial charge in [0.25, 0.3) is 0 Å². The second-order valence-electron chi connectivity index (χ2n) is 5.73. The van der Waals surface area contributed by atoms with Crippen LogP contribution in [-0.4, -0.2) is 22.7 Å². The summed E-state index contributed by atoms with van der Waals surface area (Å²) in [5.41, 5.74) is 9.05. The highest BCUT2D eigenvalue weighted by molar-refractivity contribution is 5.75. The van der Waals surface area contributed by atoms with Crippen molar-refractivity contribution in [1.82, 2.24) is 9.55 Å². The molecule has 3 rings (SSSR count). The maximum atomic E-state index is 5.90. The van der Waals surface area contributed by atoms with Crippen molar-refractivity contribution in [3.63, 3.8) is 0 Å². The summed E-state index contributed by atoms with van der Waals surface area (Å²) in [7, 11) is 0. The summed E-state index contributed by atoms with van der Waals surface area (Å²) in [6, 6.07) is 16.4. The Morgan fingerprint density at radius 2 is 2.00 bits per heavy atom. The van der Waals surface area contributed by atoms with Gasteiger partial charge in [-0.1, -0.05) is 24.3 Å². The van der Waals surface area contributed by atoms with E-state index in [-0.39, 0.29) is 0 Å². The van der Waals surface area contributed by atoms with Gasteiger partial charge in [0.2, 0.25) is 0 Å². The number of ether oxygens (including phenoxy) is 1. The number of hydrogen-bond donors (Lipinski definition) is 1. The highest BCUT2D eigenvalue weighted by Gasteiger charge is 2.10. The average molecular weight is 309 g/mol. The molecule has 0 radical (unpaired) electrons. The van der Waals surface area contributed by atoms with E-state index in [2.05, 4.69) is 41.8 Å². The van der Waals surface area contributed by atoms with Gasteiger partial charge in [0.05, 0.1) is 17.6 Å². The van der Waals surface area contributed by atoms with Crippen molar-refractivity contribution in [1.29, 1.82) is 0 Å². The lowest BCUT2D eigenvalue weighted by molar-refractivity contribution is 0.298. The Hall–Kier alpha value is -2.33. The number of benzene rings is 2. The summed E-state index contributed by atoms with van der Waals surface area (Å²) in [5, 5.41) is 0. The molecular weight excluding hydrogens is 286 g/mol. The first-order valence-corrected chi connectivity index (χ1v) is 8.11. The highest BCUT2D eigenvalue weighted by Crippen LogP contribution is 2.18. The number of imidazole rings is 1. The molecule has 0 aliphatic heterocycles. The fourth-order valence-corrected chi connectivity index (χ4v) is 2.79. The molecule has 2 N–H and O–H groups in total. The molecule has 0 aliphatic rings. The van der Waals surface area contributed by atoms with Crippen molar-refractivity contribution in [2.24, 2.45) is 5.73 Å². The summed E-state index contributed by atoms with van der Waals surface area (Å²) in [5.74, 6) is 2.00. The fourth-order valence-electron chi connectivity index (χ4n) is 2.79. The SMILES string of the molecule is Cc1cccc(OCCn2c(CCCN)nc3ccccc32)c1. The summed E-state index contributed by atoms with van der Waals surface area (Å²) in [6.45, 7) is 4.16. The number of fused-ring (bicyclic) bond motifs is 1. The number of rotatable bonds is 7. The lowest BCUT2D eigenvalue weighted by atomic mass is 10.2. The van der Waals surface area contributed by atoms with Gasteiger partial charge in [-0.05, 0) is 49.7 Å². The standard InChI is InChI=1S/C19H23N3O/c1-15-6-4-7-16(14-15)23-13-12-22-18-9-3-2-8-17(18)21-19(22)10-5-11-20/h2-4,6-9,14H,5,10-13,20H2,1H3. The molecule has 2 aromatic carbocycles. The Labute approximate surface area is 136 Å². The molecule has 0 saturated heterocycles. The molecule has 0 amide bonds. The van der Waals surface area contributed by atoms with Crippen LogP contribution in [0.25, 0.3) is 11.0 Å². The van der Waals surface area contributed by atoms with Crippen LogP contribution < -0.4 is 10.5 Å². The number of aryl methyl sites for hydroxylation is 2. The average Bonchev–Trinajstić information content (AvgIpc) is 2.91. The predicted octanol–water partition coefficient (Wildman–Crippen LogP) is 3.32. The smallest absolute Gasteiger partial charge is 0.119 e. The minimum absolute atomic E-state index is 0.624. The zero-order chi connectivity index (χ0) is 16.1. The van der Waals surface area contributed by atoms with Gasteiger partial charge in [-0.15, -0.1) is 0 Å². The van der Waals surface area contributed by atoms with E-state index in [1.165, 1.54) is 5.56 Å². The maximum Gasteiger partial charge on any atom is 0.119 e. The van der Waals surface area contributed by atoms with Crippen LogP contribution >= 0.6 is 0 Å². The minimum atomic E-state index is 0.624. The van der Waals surface area contributed by atoms with E-state index >= 15 is 0 Å². The quantitative estimate of drug-likeness (QED) is 0.728. The molecule has 4 nitrogen and oxygen atoms in total. The third kappa shape index (κ3) is 3.71. The molecule has 0 unspecified atom stereocenters. The second-order valence-corrected chi connectivity index (χ2v) is 5.73. The molecule has 0 saturated carbocycles. The van der Waals surface area contributed by atoms with Crippen LogP contribution in [-0.2, 0) is 13.0 Å². The van der Waals surface area contributed by atoms with Gasteiger partial charge in [-0.25, -0.2) is 4.98 Å². The monoisotopic (exact) mass is 309 g/mol. The first-order chi connectivity index (χ1) is 11.3. The van der Waals surface area contributed by atoms with Crippen LogP contribution in [0.1, 0.15) is 17.8 Å². The van der Waals surface area contributed by atoms with Gasteiger partial charge < -0.3 is 15.0 Å². The highest BCUT2D eigenvalue weighted by atomic mass is 16.5. The molecule has 1 aromatic heterocycles. The van der Waals surface area contributed by atoms with E-state index < -0.39 is 0 Å². The third-order valence-electron chi connectivity index (χ3n) is 3.91. The molecule has 120 valence electrons. The largest absolute Gasteiger partial charge is 0.492 e. The van der Waals surface area contributed by atoms with Crippen LogP contribution in [0.5, 0.6) is 5.75 Å². The van der Waals surface area contributed by atoms with Gasteiger partial charge in [0.1, 0.15) is 18.2 Å². The lowest BCUT2D eigenvalue weighted by Crippen LogP contribution is -2.12. The topological polar surface area (TPSA) is 53.1 Å². The molecule has 0 aliphatic carbocycles. The summed E-state index contributed by atoms with van der Waals surface area (Å²) >= 11 is 0. The molecule has 1 heterocycles. The number of para-hydroxylation sites is 2. The molecule has 0 bridgehead atoms. The Morgan fingerprint density at radius 1 is 1.13 bits per heavy atom. The second kappa shape index (κ2) is 7.29. The first-order valence-electron chi connectivity index (χ1n) is 8.11. The molecule has 0 atom stereocenters. The van der Waals surface area contributed by atoms with E-state index in [0.29, 0.717) is 13.2 Å². The van der Waals surface area contributed by atoms with Crippen LogP contribution in [0.4, 0.5) is 0 Å².